The van der Waals surface area contributed by atoms with Crippen LogP contribution in [-0.2, 0) is 6.61 Å². The molecule has 2 aromatic rings. The summed E-state index contributed by atoms with van der Waals surface area (Å²) in [5, 5.41) is 6.37. The topological polar surface area (TPSA) is 63.2 Å². The van der Waals surface area contributed by atoms with Crippen LogP contribution in [0.4, 0.5) is 0 Å². The van der Waals surface area contributed by atoms with E-state index in [1.165, 1.54) is 0 Å². The summed E-state index contributed by atoms with van der Waals surface area (Å²) in [6.07, 6.45) is 5.62. The van der Waals surface area contributed by atoms with Gasteiger partial charge in [-0.05, 0) is 43.7 Å². The quantitative estimate of drug-likeness (QED) is 0.888. The van der Waals surface area contributed by atoms with Crippen molar-refractivity contribution >= 4 is 5.91 Å². The average molecular weight is 311 g/mol. The van der Waals surface area contributed by atoms with Gasteiger partial charge in [0.2, 0.25) is 0 Å². The van der Waals surface area contributed by atoms with Gasteiger partial charge in [0.1, 0.15) is 12.4 Å². The van der Waals surface area contributed by atoms with E-state index in [4.69, 9.17) is 4.74 Å². The Morgan fingerprint density at radius 2 is 2.30 bits per heavy atom. The zero-order chi connectivity index (χ0) is 15.9. The highest BCUT2D eigenvalue weighted by molar-refractivity contribution is 5.94. The van der Waals surface area contributed by atoms with E-state index in [-0.39, 0.29) is 11.9 Å². The van der Waals surface area contributed by atoms with E-state index in [2.05, 4.69) is 15.6 Å². The predicted molar refractivity (Wildman–Crippen MR) is 88.4 cm³/mol. The third-order valence-corrected chi connectivity index (χ3v) is 3.86. The number of benzene rings is 1. The van der Waals surface area contributed by atoms with Crippen molar-refractivity contribution < 1.29 is 9.53 Å². The Bertz CT molecular complexity index is 640. The molecule has 1 aliphatic heterocycles. The standard InChI is InChI=1S/C18H21N3O2/c22-18(21-16-6-3-9-20-12-16)15-5-1-7-17(10-15)23-13-14-4-2-8-19-11-14/h1-2,4-5,7-8,10-11,16,20H,3,6,9,12-13H2,(H,21,22). The Morgan fingerprint density at radius 3 is 3.09 bits per heavy atom. The number of ether oxygens (including phenoxy) is 1. The Kier molecular flexibility index (Phi) is 5.21. The number of rotatable bonds is 5. The summed E-state index contributed by atoms with van der Waals surface area (Å²) in [6.45, 7) is 2.30. The van der Waals surface area contributed by atoms with Crippen molar-refractivity contribution in [1.82, 2.24) is 15.6 Å². The fourth-order valence-corrected chi connectivity index (χ4v) is 2.62. The number of hydrogen-bond acceptors (Lipinski definition) is 4. The van der Waals surface area contributed by atoms with Gasteiger partial charge in [0.05, 0.1) is 0 Å². The number of amides is 1. The van der Waals surface area contributed by atoms with Gasteiger partial charge >= 0.3 is 0 Å². The van der Waals surface area contributed by atoms with Crippen LogP contribution in [0.25, 0.3) is 0 Å². The van der Waals surface area contributed by atoms with Crippen LogP contribution in [0, 0.1) is 0 Å². The van der Waals surface area contributed by atoms with Gasteiger partial charge < -0.3 is 15.4 Å². The Balaban J connectivity index is 1.59. The number of hydrogen-bond donors (Lipinski definition) is 2. The summed E-state index contributed by atoms with van der Waals surface area (Å²) < 4.78 is 5.74. The lowest BCUT2D eigenvalue weighted by molar-refractivity contribution is 0.0930. The third-order valence-electron chi connectivity index (χ3n) is 3.86. The second kappa shape index (κ2) is 7.74. The zero-order valence-electron chi connectivity index (χ0n) is 13.0. The normalized spacial score (nSPS) is 17.5. The fourth-order valence-electron chi connectivity index (χ4n) is 2.62. The molecule has 0 spiro atoms. The number of pyridine rings is 1. The van der Waals surface area contributed by atoms with Crippen LogP contribution in [0.5, 0.6) is 5.75 Å². The van der Waals surface area contributed by atoms with Gasteiger partial charge in [0.15, 0.2) is 0 Å². The van der Waals surface area contributed by atoms with Crippen LogP contribution >= 0.6 is 0 Å². The van der Waals surface area contributed by atoms with Gasteiger partial charge in [-0.25, -0.2) is 0 Å². The molecule has 2 heterocycles. The van der Waals surface area contributed by atoms with E-state index in [1.807, 2.05) is 30.3 Å². The van der Waals surface area contributed by atoms with E-state index < -0.39 is 0 Å². The molecule has 1 unspecified atom stereocenters. The highest BCUT2D eigenvalue weighted by atomic mass is 16.5. The summed E-state index contributed by atoms with van der Waals surface area (Å²) in [5.74, 6) is 0.633. The van der Waals surface area contributed by atoms with Gasteiger partial charge in [-0.1, -0.05) is 12.1 Å². The number of piperidine rings is 1. The van der Waals surface area contributed by atoms with Crippen LogP contribution in [0.15, 0.2) is 48.8 Å². The van der Waals surface area contributed by atoms with Crippen molar-refractivity contribution in [3.05, 3.63) is 59.9 Å². The Hall–Kier alpha value is -2.40. The van der Waals surface area contributed by atoms with Crippen molar-refractivity contribution in [2.45, 2.75) is 25.5 Å². The van der Waals surface area contributed by atoms with Gasteiger partial charge in [0, 0.05) is 36.1 Å². The molecule has 2 N–H and O–H groups in total. The Morgan fingerprint density at radius 1 is 1.35 bits per heavy atom. The maximum Gasteiger partial charge on any atom is 0.251 e. The smallest absolute Gasteiger partial charge is 0.251 e. The molecule has 23 heavy (non-hydrogen) atoms. The van der Waals surface area contributed by atoms with Crippen LogP contribution in [0.1, 0.15) is 28.8 Å². The molecule has 0 bridgehead atoms. The van der Waals surface area contributed by atoms with Crippen LogP contribution in [0.3, 0.4) is 0 Å². The molecular weight excluding hydrogens is 290 g/mol. The first-order chi connectivity index (χ1) is 11.3. The largest absolute Gasteiger partial charge is 0.489 e. The monoisotopic (exact) mass is 311 g/mol. The highest BCUT2D eigenvalue weighted by Crippen LogP contribution is 2.15. The fraction of sp³-hybridized carbons (Fsp3) is 0.333. The molecule has 5 nitrogen and oxygen atoms in total. The molecule has 0 saturated carbocycles. The molecule has 1 aliphatic rings. The number of aromatic nitrogens is 1. The molecule has 1 atom stereocenters. The lowest BCUT2D eigenvalue weighted by Crippen LogP contribution is -2.45. The molecule has 5 heteroatoms. The van der Waals surface area contributed by atoms with E-state index in [1.54, 1.807) is 18.5 Å². The van der Waals surface area contributed by atoms with E-state index >= 15 is 0 Å². The van der Waals surface area contributed by atoms with E-state index in [9.17, 15) is 4.79 Å². The van der Waals surface area contributed by atoms with Crippen molar-refractivity contribution in [3.63, 3.8) is 0 Å². The molecular formula is C18H21N3O2. The van der Waals surface area contributed by atoms with Crippen molar-refractivity contribution in [2.24, 2.45) is 0 Å². The van der Waals surface area contributed by atoms with Gasteiger partial charge in [0.25, 0.3) is 5.91 Å². The third kappa shape index (κ3) is 4.53. The number of carbonyl (C=O) groups is 1. The van der Waals surface area contributed by atoms with Gasteiger partial charge in [-0.15, -0.1) is 0 Å². The minimum absolute atomic E-state index is 0.0504. The Labute approximate surface area is 136 Å². The first-order valence-electron chi connectivity index (χ1n) is 7.94. The van der Waals surface area contributed by atoms with E-state index in [0.717, 1.165) is 31.5 Å². The molecule has 0 radical (unpaired) electrons. The van der Waals surface area contributed by atoms with E-state index in [0.29, 0.717) is 17.9 Å². The summed E-state index contributed by atoms with van der Waals surface area (Å²) >= 11 is 0. The second-order valence-corrected chi connectivity index (χ2v) is 5.69. The number of nitrogens with zero attached hydrogens (tertiary/aromatic N) is 1. The molecule has 0 aliphatic carbocycles. The van der Waals surface area contributed by atoms with Crippen LogP contribution in [-0.4, -0.2) is 30.0 Å². The maximum atomic E-state index is 12.3. The number of nitrogens with one attached hydrogen (secondary N) is 2. The summed E-state index contributed by atoms with van der Waals surface area (Å²) in [7, 11) is 0. The molecule has 120 valence electrons. The first kappa shape index (κ1) is 15.5. The molecule has 1 saturated heterocycles. The lowest BCUT2D eigenvalue weighted by Gasteiger charge is -2.23. The minimum Gasteiger partial charge on any atom is -0.489 e. The lowest BCUT2D eigenvalue weighted by atomic mass is 10.1. The highest BCUT2D eigenvalue weighted by Gasteiger charge is 2.16. The summed E-state index contributed by atoms with van der Waals surface area (Å²) in [5.41, 5.74) is 1.62. The predicted octanol–water partition coefficient (Wildman–Crippen LogP) is 2.14. The SMILES string of the molecule is O=C(NC1CCCNC1)c1cccc(OCc2cccnc2)c1. The maximum absolute atomic E-state index is 12.3. The molecule has 1 fully saturated rings. The van der Waals surface area contributed by atoms with Gasteiger partial charge in [-0.2, -0.15) is 0 Å². The van der Waals surface area contributed by atoms with Gasteiger partial charge in [-0.3, -0.25) is 9.78 Å². The molecule has 1 aromatic carbocycles. The number of carbonyl (C=O) groups excluding carboxylic acids is 1. The average Bonchev–Trinajstić information content (AvgIpc) is 2.62. The van der Waals surface area contributed by atoms with Crippen molar-refractivity contribution in [3.8, 4) is 5.75 Å². The van der Waals surface area contributed by atoms with Crippen molar-refractivity contribution in [2.75, 3.05) is 13.1 Å². The van der Waals surface area contributed by atoms with Crippen molar-refractivity contribution in [1.29, 1.82) is 0 Å². The summed E-state index contributed by atoms with van der Waals surface area (Å²) in [6, 6.07) is 11.3. The summed E-state index contributed by atoms with van der Waals surface area (Å²) in [4.78, 5) is 16.4. The first-order valence-corrected chi connectivity index (χ1v) is 7.94. The molecule has 1 aromatic heterocycles. The minimum atomic E-state index is -0.0504. The molecule has 1 amide bonds. The zero-order valence-corrected chi connectivity index (χ0v) is 13.0. The molecule has 3 rings (SSSR count). The van der Waals surface area contributed by atoms with Crippen LogP contribution < -0.4 is 15.4 Å². The van der Waals surface area contributed by atoms with Crippen LogP contribution in [0.2, 0.25) is 0 Å². The second-order valence-electron chi connectivity index (χ2n) is 5.69.